The first-order valence-electron chi connectivity index (χ1n) is 3.45. The Morgan fingerprint density at radius 1 is 1.70 bits per heavy atom. The molecule has 0 aromatic carbocycles. The minimum absolute atomic E-state index is 0.704. The number of rotatable bonds is 4. The molecule has 0 amide bonds. The van der Waals surface area contributed by atoms with Crippen LogP contribution < -0.4 is 10.5 Å². The first-order chi connectivity index (χ1) is 4.70. The normalized spacial score (nSPS) is 12.3. The molecular formula is C7H16N2S. The molecule has 3 N–H and O–H groups in total. The van der Waals surface area contributed by atoms with Crippen LogP contribution in [0, 0.1) is 5.92 Å². The Kier molecular flexibility index (Phi) is 5.54. The molecule has 0 bridgehead atoms. The van der Waals surface area contributed by atoms with Crippen LogP contribution in [0.25, 0.3) is 0 Å². The van der Waals surface area contributed by atoms with Gasteiger partial charge in [0.2, 0.25) is 0 Å². The van der Waals surface area contributed by atoms with Crippen molar-refractivity contribution in [2.75, 3.05) is 7.05 Å². The number of allylic oxidation sites excluding steroid dienone is 1. The van der Waals surface area contributed by atoms with Crippen molar-refractivity contribution in [2.24, 2.45) is 11.1 Å². The second-order valence-corrected chi connectivity index (χ2v) is 3.24. The van der Waals surface area contributed by atoms with Crippen molar-refractivity contribution in [1.82, 2.24) is 5.32 Å². The highest BCUT2D eigenvalue weighted by Crippen LogP contribution is 2.07. The summed E-state index contributed by atoms with van der Waals surface area (Å²) in [5.41, 5.74) is 0. The minimum Gasteiger partial charge on any atom is -0.382 e. The largest absolute Gasteiger partial charge is 0.382 e. The Labute approximate surface area is 67.4 Å². The third-order valence-electron chi connectivity index (χ3n) is 1.15. The fourth-order valence-corrected chi connectivity index (χ4v) is 0.862. The molecule has 0 spiro atoms. The van der Waals surface area contributed by atoms with Crippen LogP contribution >= 0.6 is 11.9 Å². The van der Waals surface area contributed by atoms with Gasteiger partial charge in [0.15, 0.2) is 0 Å². The summed E-state index contributed by atoms with van der Waals surface area (Å²) >= 11 is 1.26. The lowest BCUT2D eigenvalue weighted by Gasteiger charge is -2.03. The van der Waals surface area contributed by atoms with Crippen LogP contribution in [0.2, 0.25) is 0 Å². The third-order valence-corrected chi connectivity index (χ3v) is 1.77. The van der Waals surface area contributed by atoms with E-state index in [-0.39, 0.29) is 0 Å². The van der Waals surface area contributed by atoms with Gasteiger partial charge in [-0.2, -0.15) is 0 Å². The lowest BCUT2D eigenvalue weighted by Crippen LogP contribution is -2.04. The van der Waals surface area contributed by atoms with Crippen molar-refractivity contribution in [2.45, 2.75) is 20.3 Å². The lowest BCUT2D eigenvalue weighted by atomic mass is 10.1. The van der Waals surface area contributed by atoms with Gasteiger partial charge < -0.3 is 5.32 Å². The monoisotopic (exact) mass is 160 g/mol. The van der Waals surface area contributed by atoms with Gasteiger partial charge in [-0.05, 0) is 24.3 Å². The van der Waals surface area contributed by atoms with Gasteiger partial charge in [0.25, 0.3) is 0 Å². The van der Waals surface area contributed by atoms with Crippen LogP contribution in [0.3, 0.4) is 0 Å². The molecule has 0 saturated carbocycles. The van der Waals surface area contributed by atoms with E-state index in [0.717, 1.165) is 11.4 Å². The van der Waals surface area contributed by atoms with Crippen molar-refractivity contribution in [3.63, 3.8) is 0 Å². The molecule has 0 rings (SSSR count). The highest BCUT2D eigenvalue weighted by molar-refractivity contribution is 8.00. The molecular weight excluding hydrogens is 144 g/mol. The average molecular weight is 160 g/mol. The van der Waals surface area contributed by atoms with E-state index >= 15 is 0 Å². The molecule has 0 atom stereocenters. The molecule has 0 heterocycles. The van der Waals surface area contributed by atoms with Gasteiger partial charge in [0, 0.05) is 7.05 Å². The predicted molar refractivity (Wildman–Crippen MR) is 48.4 cm³/mol. The van der Waals surface area contributed by atoms with E-state index in [1.165, 1.54) is 11.9 Å². The molecule has 0 aromatic heterocycles. The van der Waals surface area contributed by atoms with Gasteiger partial charge in [-0.1, -0.05) is 19.9 Å². The van der Waals surface area contributed by atoms with Crippen molar-refractivity contribution in [1.29, 1.82) is 0 Å². The standard InChI is InChI=1S/C7H16N2S/c1-6(2)4-5-7(9-3)10-8/h5-6,9H,4,8H2,1-3H3/b7-5-. The molecule has 0 aromatic rings. The summed E-state index contributed by atoms with van der Waals surface area (Å²) < 4.78 is 0. The summed E-state index contributed by atoms with van der Waals surface area (Å²) in [6.07, 6.45) is 3.20. The molecule has 0 unspecified atom stereocenters. The predicted octanol–water partition coefficient (Wildman–Crippen LogP) is 1.70. The van der Waals surface area contributed by atoms with E-state index in [2.05, 4.69) is 25.2 Å². The Morgan fingerprint density at radius 3 is 2.60 bits per heavy atom. The van der Waals surface area contributed by atoms with Gasteiger partial charge >= 0.3 is 0 Å². The molecule has 0 aliphatic carbocycles. The summed E-state index contributed by atoms with van der Waals surface area (Å²) in [6.45, 7) is 4.37. The number of hydrogen-bond donors (Lipinski definition) is 2. The van der Waals surface area contributed by atoms with Crippen molar-refractivity contribution in [3.8, 4) is 0 Å². The topological polar surface area (TPSA) is 38.0 Å². The molecule has 2 nitrogen and oxygen atoms in total. The SMILES string of the molecule is CN/C(=C/CC(C)C)SN. The molecule has 0 aliphatic rings. The first kappa shape index (κ1) is 9.85. The summed E-state index contributed by atoms with van der Waals surface area (Å²) in [5.74, 6) is 0.704. The zero-order chi connectivity index (χ0) is 7.98. The zero-order valence-corrected chi connectivity index (χ0v) is 7.66. The smallest absolute Gasteiger partial charge is 0.0789 e. The molecule has 0 saturated heterocycles. The van der Waals surface area contributed by atoms with Crippen LogP contribution in [0.15, 0.2) is 11.1 Å². The zero-order valence-electron chi connectivity index (χ0n) is 6.85. The highest BCUT2D eigenvalue weighted by atomic mass is 32.2. The van der Waals surface area contributed by atoms with Crippen molar-refractivity contribution < 1.29 is 0 Å². The van der Waals surface area contributed by atoms with Crippen LogP contribution in [0.5, 0.6) is 0 Å². The fourth-order valence-electron chi connectivity index (χ4n) is 0.552. The van der Waals surface area contributed by atoms with Gasteiger partial charge in [-0.25, -0.2) is 0 Å². The van der Waals surface area contributed by atoms with Gasteiger partial charge in [-0.3, -0.25) is 5.14 Å². The van der Waals surface area contributed by atoms with Gasteiger partial charge in [0.05, 0.1) is 5.03 Å². The molecule has 10 heavy (non-hydrogen) atoms. The molecule has 0 radical (unpaired) electrons. The van der Waals surface area contributed by atoms with Gasteiger partial charge in [-0.15, -0.1) is 0 Å². The van der Waals surface area contributed by atoms with E-state index in [0.29, 0.717) is 5.92 Å². The molecule has 0 fully saturated rings. The number of hydrogen-bond acceptors (Lipinski definition) is 3. The number of nitrogens with one attached hydrogen (secondary N) is 1. The Morgan fingerprint density at radius 2 is 2.30 bits per heavy atom. The third kappa shape index (κ3) is 4.70. The Balaban J connectivity index is 3.63. The summed E-state index contributed by atoms with van der Waals surface area (Å²) in [5, 5.41) is 9.41. The van der Waals surface area contributed by atoms with E-state index in [1.807, 2.05) is 7.05 Å². The average Bonchev–Trinajstić information content (AvgIpc) is 1.90. The van der Waals surface area contributed by atoms with Crippen LogP contribution in [-0.2, 0) is 0 Å². The van der Waals surface area contributed by atoms with Crippen molar-refractivity contribution >= 4 is 11.9 Å². The quantitative estimate of drug-likeness (QED) is 0.615. The molecule has 60 valence electrons. The van der Waals surface area contributed by atoms with Crippen LogP contribution in [-0.4, -0.2) is 7.05 Å². The van der Waals surface area contributed by atoms with Crippen molar-refractivity contribution in [3.05, 3.63) is 11.1 Å². The minimum atomic E-state index is 0.704. The van der Waals surface area contributed by atoms with E-state index in [9.17, 15) is 0 Å². The highest BCUT2D eigenvalue weighted by Gasteiger charge is 1.92. The van der Waals surface area contributed by atoms with Crippen LogP contribution in [0.1, 0.15) is 20.3 Å². The van der Waals surface area contributed by atoms with Gasteiger partial charge in [0.1, 0.15) is 0 Å². The second-order valence-electron chi connectivity index (χ2n) is 2.57. The van der Waals surface area contributed by atoms with E-state index in [4.69, 9.17) is 5.14 Å². The summed E-state index contributed by atoms with van der Waals surface area (Å²) in [7, 11) is 1.88. The number of nitrogens with two attached hydrogens (primary N) is 1. The Bertz CT molecular complexity index is 104. The maximum Gasteiger partial charge on any atom is 0.0789 e. The molecule has 3 heteroatoms. The fraction of sp³-hybridized carbons (Fsp3) is 0.714. The maximum atomic E-state index is 5.36. The lowest BCUT2D eigenvalue weighted by molar-refractivity contribution is 0.661. The van der Waals surface area contributed by atoms with Crippen LogP contribution in [0.4, 0.5) is 0 Å². The summed E-state index contributed by atoms with van der Waals surface area (Å²) in [4.78, 5) is 0. The summed E-state index contributed by atoms with van der Waals surface area (Å²) in [6, 6.07) is 0. The maximum absolute atomic E-state index is 5.36. The first-order valence-corrected chi connectivity index (χ1v) is 4.33. The molecule has 0 aliphatic heterocycles. The Hall–Kier alpha value is -0.150. The van der Waals surface area contributed by atoms with E-state index in [1.54, 1.807) is 0 Å². The van der Waals surface area contributed by atoms with E-state index < -0.39 is 0 Å². The second kappa shape index (κ2) is 5.62.